The van der Waals surface area contributed by atoms with E-state index in [0.29, 0.717) is 13.1 Å². The van der Waals surface area contributed by atoms with Gasteiger partial charge in [-0.05, 0) is 63.9 Å². The van der Waals surface area contributed by atoms with Crippen molar-refractivity contribution in [3.8, 4) is 0 Å². The molecule has 1 aromatic heterocycles. The summed E-state index contributed by atoms with van der Waals surface area (Å²) in [6.45, 7) is 4.94. The van der Waals surface area contributed by atoms with Crippen LogP contribution in [0, 0.1) is 6.92 Å². The lowest BCUT2D eigenvalue weighted by molar-refractivity contribution is -0.133. The summed E-state index contributed by atoms with van der Waals surface area (Å²) in [6, 6.07) is 9.66. The van der Waals surface area contributed by atoms with Gasteiger partial charge in [-0.25, -0.2) is 0 Å². The molecule has 29 heavy (non-hydrogen) atoms. The summed E-state index contributed by atoms with van der Waals surface area (Å²) in [4.78, 5) is 27.9. The smallest absolute Gasteiger partial charge is 0.253 e. The van der Waals surface area contributed by atoms with Gasteiger partial charge in [0.1, 0.15) is 5.54 Å². The van der Waals surface area contributed by atoms with Gasteiger partial charge in [0.25, 0.3) is 5.91 Å². The second kappa shape index (κ2) is 8.37. The standard InChI is InChI=1S/C22H29N5O2/c1-17-3-5-18(6-4-17)20(28)26-15-7-19(8-16-26)25-21(29)22(9-12-23-13-10-22)27-14-2-11-24-27/h2-6,11,14,19,23H,7-10,12-13,15-16H2,1H3,(H,25,29). The molecule has 2 aliphatic rings. The number of benzene rings is 1. The Labute approximate surface area is 171 Å². The zero-order valence-corrected chi connectivity index (χ0v) is 16.9. The molecule has 2 aliphatic heterocycles. The first kappa shape index (κ1) is 19.6. The van der Waals surface area contributed by atoms with Crippen molar-refractivity contribution < 1.29 is 9.59 Å². The lowest BCUT2D eigenvalue weighted by atomic mass is 9.86. The number of amides is 2. The minimum Gasteiger partial charge on any atom is -0.351 e. The van der Waals surface area contributed by atoms with E-state index >= 15 is 0 Å². The maximum atomic E-state index is 13.3. The zero-order valence-electron chi connectivity index (χ0n) is 16.9. The number of piperidine rings is 2. The quantitative estimate of drug-likeness (QED) is 0.826. The van der Waals surface area contributed by atoms with Crippen LogP contribution in [0.1, 0.15) is 41.6 Å². The normalized spacial score (nSPS) is 19.7. The summed E-state index contributed by atoms with van der Waals surface area (Å²) >= 11 is 0. The summed E-state index contributed by atoms with van der Waals surface area (Å²) in [5.41, 5.74) is 1.25. The van der Waals surface area contributed by atoms with Crippen LogP contribution < -0.4 is 10.6 Å². The maximum absolute atomic E-state index is 13.3. The molecule has 0 aliphatic carbocycles. The molecule has 2 fully saturated rings. The van der Waals surface area contributed by atoms with E-state index in [1.54, 1.807) is 6.20 Å². The number of aryl methyl sites for hydroxylation is 1. The van der Waals surface area contributed by atoms with Crippen molar-refractivity contribution in [1.29, 1.82) is 0 Å². The van der Waals surface area contributed by atoms with E-state index in [4.69, 9.17) is 0 Å². The van der Waals surface area contributed by atoms with Crippen LogP contribution >= 0.6 is 0 Å². The van der Waals surface area contributed by atoms with E-state index in [9.17, 15) is 9.59 Å². The summed E-state index contributed by atoms with van der Waals surface area (Å²) in [5.74, 6) is 0.118. The second-order valence-electron chi connectivity index (χ2n) is 8.14. The molecule has 3 heterocycles. The number of likely N-dealkylation sites (tertiary alicyclic amines) is 1. The molecule has 0 unspecified atom stereocenters. The molecule has 2 amide bonds. The Balaban J connectivity index is 1.37. The summed E-state index contributed by atoms with van der Waals surface area (Å²) in [7, 11) is 0. The predicted molar refractivity (Wildman–Crippen MR) is 111 cm³/mol. The molecule has 7 heteroatoms. The van der Waals surface area contributed by atoms with Crippen LogP contribution in [0.15, 0.2) is 42.7 Å². The number of hydrogen-bond donors (Lipinski definition) is 2. The third kappa shape index (κ3) is 4.05. The zero-order chi connectivity index (χ0) is 20.3. The third-order valence-electron chi connectivity index (χ3n) is 6.21. The Hall–Kier alpha value is -2.67. The first-order valence-electron chi connectivity index (χ1n) is 10.5. The summed E-state index contributed by atoms with van der Waals surface area (Å²) in [5, 5.41) is 11.0. The van der Waals surface area contributed by atoms with Crippen LogP contribution in [-0.2, 0) is 10.3 Å². The third-order valence-corrected chi connectivity index (χ3v) is 6.21. The van der Waals surface area contributed by atoms with Crippen LogP contribution in [0.4, 0.5) is 0 Å². The van der Waals surface area contributed by atoms with Crippen LogP contribution in [0.25, 0.3) is 0 Å². The molecule has 2 N–H and O–H groups in total. The van der Waals surface area contributed by atoms with Crippen molar-refractivity contribution in [2.45, 2.75) is 44.2 Å². The number of nitrogens with one attached hydrogen (secondary N) is 2. The van der Waals surface area contributed by atoms with Gasteiger partial charge in [0.05, 0.1) is 0 Å². The number of nitrogens with zero attached hydrogens (tertiary/aromatic N) is 3. The van der Waals surface area contributed by atoms with Gasteiger partial charge in [0, 0.05) is 37.1 Å². The molecule has 0 bridgehead atoms. The van der Waals surface area contributed by atoms with Gasteiger partial charge in [-0.2, -0.15) is 5.10 Å². The van der Waals surface area contributed by atoms with E-state index in [0.717, 1.165) is 49.9 Å². The largest absolute Gasteiger partial charge is 0.351 e. The maximum Gasteiger partial charge on any atom is 0.253 e. The molecule has 0 spiro atoms. The lowest BCUT2D eigenvalue weighted by Crippen LogP contribution is -2.57. The number of aromatic nitrogens is 2. The average molecular weight is 396 g/mol. The van der Waals surface area contributed by atoms with Crippen LogP contribution in [-0.4, -0.2) is 58.7 Å². The monoisotopic (exact) mass is 395 g/mol. The van der Waals surface area contributed by atoms with E-state index in [2.05, 4.69) is 15.7 Å². The first-order valence-corrected chi connectivity index (χ1v) is 10.5. The van der Waals surface area contributed by atoms with Gasteiger partial charge in [0.2, 0.25) is 5.91 Å². The Kier molecular flexibility index (Phi) is 5.67. The van der Waals surface area contributed by atoms with E-state index in [1.165, 1.54) is 0 Å². The van der Waals surface area contributed by atoms with Crippen molar-refractivity contribution in [3.05, 3.63) is 53.9 Å². The Bertz CT molecular complexity index is 833. The fourth-order valence-electron chi connectivity index (χ4n) is 4.35. The molecule has 154 valence electrons. The summed E-state index contributed by atoms with van der Waals surface area (Å²) < 4.78 is 1.82. The topological polar surface area (TPSA) is 79.3 Å². The number of hydrogen-bond acceptors (Lipinski definition) is 4. The van der Waals surface area contributed by atoms with Crippen molar-refractivity contribution in [1.82, 2.24) is 25.3 Å². The molecule has 7 nitrogen and oxygen atoms in total. The minimum absolute atomic E-state index is 0.0472. The highest BCUT2D eigenvalue weighted by Gasteiger charge is 2.43. The fourth-order valence-corrected chi connectivity index (χ4v) is 4.35. The molecular formula is C22H29N5O2. The van der Waals surface area contributed by atoms with Crippen molar-refractivity contribution >= 4 is 11.8 Å². The number of carbonyl (C=O) groups is 2. The van der Waals surface area contributed by atoms with Crippen molar-refractivity contribution in [3.63, 3.8) is 0 Å². The van der Waals surface area contributed by atoms with Crippen LogP contribution in [0.3, 0.4) is 0 Å². The predicted octanol–water partition coefficient (Wildman–Crippen LogP) is 1.69. The van der Waals surface area contributed by atoms with Crippen LogP contribution in [0.5, 0.6) is 0 Å². The first-order chi connectivity index (χ1) is 14.1. The highest BCUT2D eigenvalue weighted by Crippen LogP contribution is 2.28. The Morgan fingerprint density at radius 3 is 2.45 bits per heavy atom. The number of carbonyl (C=O) groups excluding carboxylic acids is 2. The number of rotatable bonds is 4. The average Bonchev–Trinajstić information content (AvgIpc) is 3.30. The van der Waals surface area contributed by atoms with Crippen molar-refractivity contribution in [2.24, 2.45) is 0 Å². The fraction of sp³-hybridized carbons (Fsp3) is 0.500. The van der Waals surface area contributed by atoms with Gasteiger partial charge in [-0.3, -0.25) is 14.3 Å². The molecule has 0 atom stereocenters. The van der Waals surface area contributed by atoms with Crippen LogP contribution in [0.2, 0.25) is 0 Å². The van der Waals surface area contributed by atoms with Gasteiger partial charge in [-0.1, -0.05) is 17.7 Å². The highest BCUT2D eigenvalue weighted by molar-refractivity contribution is 5.94. The lowest BCUT2D eigenvalue weighted by Gasteiger charge is -2.39. The molecule has 1 aromatic carbocycles. The van der Waals surface area contributed by atoms with Gasteiger partial charge in [-0.15, -0.1) is 0 Å². The van der Waals surface area contributed by atoms with E-state index in [-0.39, 0.29) is 17.9 Å². The SMILES string of the molecule is Cc1ccc(C(=O)N2CCC(NC(=O)C3(n4cccn4)CCNCC3)CC2)cc1. The molecule has 2 saturated heterocycles. The van der Waals surface area contributed by atoms with Gasteiger partial charge in [0.15, 0.2) is 0 Å². The minimum atomic E-state index is -0.621. The molecule has 2 aromatic rings. The van der Waals surface area contributed by atoms with Gasteiger partial charge < -0.3 is 15.5 Å². The van der Waals surface area contributed by atoms with Crippen molar-refractivity contribution in [2.75, 3.05) is 26.2 Å². The Morgan fingerprint density at radius 1 is 1.14 bits per heavy atom. The molecule has 0 radical (unpaired) electrons. The second-order valence-corrected chi connectivity index (χ2v) is 8.14. The highest BCUT2D eigenvalue weighted by atomic mass is 16.2. The Morgan fingerprint density at radius 2 is 1.83 bits per heavy atom. The molecule has 4 rings (SSSR count). The van der Waals surface area contributed by atoms with E-state index < -0.39 is 5.54 Å². The molecular weight excluding hydrogens is 366 g/mol. The summed E-state index contributed by atoms with van der Waals surface area (Å²) in [6.07, 6.45) is 6.62. The van der Waals surface area contributed by atoms with Gasteiger partial charge >= 0.3 is 0 Å². The molecule has 0 saturated carbocycles. The van der Waals surface area contributed by atoms with E-state index in [1.807, 2.05) is 53.0 Å².